The number of hydrogen-bond donors (Lipinski definition) is 0. The summed E-state index contributed by atoms with van der Waals surface area (Å²) in [5.41, 5.74) is 6.32. The maximum atomic E-state index is 4.06. The molecule has 5 heteroatoms. The van der Waals surface area contributed by atoms with Gasteiger partial charge in [-0.05, 0) is 22.3 Å². The van der Waals surface area contributed by atoms with Crippen molar-refractivity contribution >= 4 is 37.0 Å². The molecule has 0 spiro atoms. The van der Waals surface area contributed by atoms with Crippen molar-refractivity contribution in [1.29, 1.82) is 0 Å². The van der Waals surface area contributed by atoms with E-state index in [2.05, 4.69) is 108 Å². The van der Waals surface area contributed by atoms with E-state index in [1.54, 1.807) is 0 Å². The monoisotopic (exact) mass is 511 g/mol. The van der Waals surface area contributed by atoms with Gasteiger partial charge in [-0.2, -0.15) is 0 Å². The van der Waals surface area contributed by atoms with Crippen molar-refractivity contribution in [2.45, 2.75) is 6.92 Å². The van der Waals surface area contributed by atoms with Gasteiger partial charge in [-0.25, -0.2) is 0 Å². The SMILES string of the molecule is C[c-]1c2ccccc2c2cc(-c3ccccc3)c(-c3ccccc3)c([Si])c21.[Cl-].[Cl-].[Cl-].[Ti+4]. The first-order valence-corrected chi connectivity index (χ1v) is 9.73. The van der Waals surface area contributed by atoms with E-state index in [-0.39, 0.29) is 58.9 Å². The Kier molecular flexibility index (Phi) is 10.2. The zero-order valence-corrected chi connectivity index (χ0v) is 21.6. The van der Waals surface area contributed by atoms with Crippen molar-refractivity contribution in [1.82, 2.24) is 0 Å². The summed E-state index contributed by atoms with van der Waals surface area (Å²) in [4.78, 5) is 0. The third-order valence-corrected chi connectivity index (χ3v) is 5.97. The zero-order chi connectivity index (χ0) is 18.4. The number of hydrogen-bond acceptors (Lipinski definition) is 0. The molecule has 0 aliphatic rings. The van der Waals surface area contributed by atoms with Crippen LogP contribution < -0.4 is 42.4 Å². The van der Waals surface area contributed by atoms with Crippen molar-refractivity contribution in [3.63, 3.8) is 0 Å². The van der Waals surface area contributed by atoms with Crippen LogP contribution in [0.1, 0.15) is 5.56 Å². The average molecular weight is 513 g/mol. The summed E-state index contributed by atoms with van der Waals surface area (Å²) in [7, 11) is 4.06. The van der Waals surface area contributed by atoms with Crippen LogP contribution in [0.2, 0.25) is 0 Å². The predicted molar refractivity (Wildman–Crippen MR) is 118 cm³/mol. The molecule has 0 heterocycles. The van der Waals surface area contributed by atoms with E-state index < -0.39 is 0 Å². The molecule has 0 bridgehead atoms. The summed E-state index contributed by atoms with van der Waals surface area (Å²) in [5, 5.41) is 6.45. The van der Waals surface area contributed by atoms with Gasteiger partial charge < -0.3 is 37.2 Å². The Morgan fingerprint density at radius 1 is 0.645 bits per heavy atom. The van der Waals surface area contributed by atoms with Crippen molar-refractivity contribution in [3.8, 4) is 22.3 Å². The van der Waals surface area contributed by atoms with Gasteiger partial charge in [0.2, 0.25) is 0 Å². The van der Waals surface area contributed by atoms with Gasteiger partial charge >= 0.3 is 21.7 Å². The van der Waals surface area contributed by atoms with Crippen molar-refractivity contribution in [3.05, 3.63) is 96.6 Å². The number of aryl methyl sites for hydroxylation is 1. The van der Waals surface area contributed by atoms with Gasteiger partial charge in [-0.3, -0.25) is 0 Å². The molecule has 0 saturated carbocycles. The third kappa shape index (κ3) is 4.68. The second kappa shape index (κ2) is 11.4. The molecule has 5 aromatic carbocycles. The molecule has 0 unspecified atom stereocenters. The number of fused-ring (bicyclic) bond motifs is 3. The fraction of sp³-hybridized carbons (Fsp3) is 0.0385. The van der Waals surface area contributed by atoms with Crippen molar-refractivity contribution in [2.24, 2.45) is 0 Å². The maximum absolute atomic E-state index is 4.06. The minimum Gasteiger partial charge on any atom is -1.00 e. The molecule has 3 radical (unpaired) electrons. The fourth-order valence-corrected chi connectivity index (χ4v) is 4.82. The standard InChI is InChI=1S/C26H18Si.3ClH.Ti/c1-17-20-14-8-9-15-21(20)23-16-22(18-10-4-2-5-11-18)25(26(27)24(17)23)19-12-6-3-7-13-19;;;;/h2-16H,1H3;3*1H;/q-1;;;;+4/p-3. The molecule has 0 nitrogen and oxygen atoms in total. The second-order valence-electron chi connectivity index (χ2n) is 7.00. The smallest absolute Gasteiger partial charge is 1.00 e. The van der Waals surface area contributed by atoms with Crippen LogP contribution in [0, 0.1) is 6.92 Å². The fourth-order valence-electron chi connectivity index (χ4n) is 4.21. The first-order valence-electron chi connectivity index (χ1n) is 9.23. The summed E-state index contributed by atoms with van der Waals surface area (Å²) in [5.74, 6) is 0. The van der Waals surface area contributed by atoms with Gasteiger partial charge in [0.25, 0.3) is 0 Å². The molecule has 0 N–H and O–H groups in total. The third-order valence-electron chi connectivity index (χ3n) is 5.47. The Morgan fingerprint density at radius 2 is 1.16 bits per heavy atom. The summed E-state index contributed by atoms with van der Waals surface area (Å²) in [6, 6.07) is 32.4. The molecule has 0 amide bonds. The Balaban J connectivity index is 0.00000120. The van der Waals surface area contributed by atoms with E-state index in [4.69, 9.17) is 0 Å². The number of benzene rings is 4. The molecule has 0 aromatic heterocycles. The zero-order valence-electron chi connectivity index (χ0n) is 16.8. The minimum absolute atomic E-state index is 0. The molecule has 0 saturated heterocycles. The normalized spacial score (nSPS) is 9.87. The van der Waals surface area contributed by atoms with E-state index in [1.807, 2.05) is 0 Å². The molecular weight excluding hydrogens is 495 g/mol. The summed E-state index contributed by atoms with van der Waals surface area (Å²) >= 11 is 0. The molecule has 31 heavy (non-hydrogen) atoms. The molecule has 0 atom stereocenters. The van der Waals surface area contributed by atoms with Gasteiger partial charge in [0.1, 0.15) is 0 Å². The minimum atomic E-state index is 0. The van der Waals surface area contributed by atoms with Crippen LogP contribution >= 0.6 is 0 Å². The number of halogens is 3. The summed E-state index contributed by atoms with van der Waals surface area (Å²) in [6.07, 6.45) is 0. The van der Waals surface area contributed by atoms with Crippen LogP contribution in [0.25, 0.3) is 43.8 Å². The van der Waals surface area contributed by atoms with Gasteiger partial charge in [0.15, 0.2) is 0 Å². The molecule has 0 aliphatic heterocycles. The molecule has 151 valence electrons. The van der Waals surface area contributed by atoms with Crippen LogP contribution in [0.4, 0.5) is 0 Å². The van der Waals surface area contributed by atoms with Gasteiger partial charge in [0, 0.05) is 10.2 Å². The van der Waals surface area contributed by atoms with Crippen molar-refractivity contribution < 1.29 is 58.9 Å². The predicted octanol–water partition coefficient (Wildman–Crippen LogP) is -2.84. The molecule has 5 rings (SSSR count). The van der Waals surface area contributed by atoms with Gasteiger partial charge in [-0.1, -0.05) is 91.9 Å². The van der Waals surface area contributed by atoms with E-state index in [1.165, 1.54) is 54.5 Å². The number of rotatable bonds is 2. The van der Waals surface area contributed by atoms with E-state index in [0.717, 1.165) is 0 Å². The Hall–Kier alpha value is -1.45. The average Bonchev–Trinajstić information content (AvgIpc) is 3.02. The van der Waals surface area contributed by atoms with Crippen LogP contribution in [0.3, 0.4) is 0 Å². The van der Waals surface area contributed by atoms with E-state index in [9.17, 15) is 0 Å². The maximum Gasteiger partial charge on any atom is 4.00 e. The Morgan fingerprint density at radius 3 is 1.77 bits per heavy atom. The quantitative estimate of drug-likeness (QED) is 0.177. The molecular formula is C26H18Cl3SiTi. The van der Waals surface area contributed by atoms with E-state index >= 15 is 0 Å². The second-order valence-corrected chi connectivity index (χ2v) is 7.50. The summed E-state index contributed by atoms with van der Waals surface area (Å²) in [6.45, 7) is 2.23. The largest absolute Gasteiger partial charge is 4.00 e. The van der Waals surface area contributed by atoms with Gasteiger partial charge in [-0.15, -0.1) is 38.4 Å². The van der Waals surface area contributed by atoms with E-state index in [0.29, 0.717) is 0 Å². The van der Waals surface area contributed by atoms with Crippen LogP contribution in [0.5, 0.6) is 0 Å². The first kappa shape index (κ1) is 27.6. The topological polar surface area (TPSA) is 0 Å². The molecule has 0 fully saturated rings. The summed E-state index contributed by atoms with van der Waals surface area (Å²) < 4.78 is 0. The Bertz CT molecular complexity index is 1280. The first-order chi connectivity index (χ1) is 13.3. The van der Waals surface area contributed by atoms with Crippen molar-refractivity contribution in [2.75, 3.05) is 0 Å². The van der Waals surface area contributed by atoms with Crippen LogP contribution in [-0.4, -0.2) is 10.2 Å². The van der Waals surface area contributed by atoms with Crippen LogP contribution in [0.15, 0.2) is 91.0 Å². The molecule has 5 aromatic rings. The molecule has 0 aliphatic carbocycles. The van der Waals surface area contributed by atoms with Crippen LogP contribution in [-0.2, 0) is 21.7 Å². The van der Waals surface area contributed by atoms with Gasteiger partial charge in [0.05, 0.1) is 0 Å². The Labute approximate surface area is 220 Å².